The molecule has 0 aliphatic carbocycles. The Bertz CT molecular complexity index is 719. The van der Waals surface area contributed by atoms with Crippen molar-refractivity contribution in [2.24, 2.45) is 0 Å². The normalized spacial score (nSPS) is 19.2. The van der Waals surface area contributed by atoms with Gasteiger partial charge in [0.05, 0.1) is 12.2 Å². The summed E-state index contributed by atoms with van der Waals surface area (Å²) in [5.74, 6) is 3.61. The Balaban J connectivity index is 1.46. The van der Waals surface area contributed by atoms with E-state index in [0.717, 1.165) is 69.5 Å². The van der Waals surface area contributed by atoms with Crippen molar-refractivity contribution in [3.05, 3.63) is 23.3 Å². The summed E-state index contributed by atoms with van der Waals surface area (Å²) in [7, 11) is 0. The Kier molecular flexibility index (Phi) is 3.98. The zero-order valence-corrected chi connectivity index (χ0v) is 15.0. The van der Waals surface area contributed by atoms with Gasteiger partial charge in [-0.15, -0.1) is 0 Å². The fraction of sp³-hybridized carbons (Fsp3) is 0.667. The van der Waals surface area contributed by atoms with Crippen LogP contribution in [0.25, 0.3) is 0 Å². The molecule has 0 bridgehead atoms. The number of likely N-dealkylation sites (N-methyl/N-ethyl adjacent to an activating group) is 2. The summed E-state index contributed by atoms with van der Waals surface area (Å²) in [6.07, 6.45) is 2.95. The Morgan fingerprint density at radius 2 is 2.00 bits per heavy atom. The summed E-state index contributed by atoms with van der Waals surface area (Å²) >= 11 is 0. The van der Waals surface area contributed by atoms with Gasteiger partial charge >= 0.3 is 0 Å². The smallest absolute Gasteiger partial charge is 0.219 e. The number of oxazole rings is 1. The van der Waals surface area contributed by atoms with Crippen molar-refractivity contribution in [3.63, 3.8) is 0 Å². The van der Waals surface area contributed by atoms with E-state index in [-0.39, 0.29) is 0 Å². The highest BCUT2D eigenvalue weighted by atomic mass is 16.4. The van der Waals surface area contributed by atoms with Gasteiger partial charge in [0.1, 0.15) is 11.5 Å². The molecule has 6 nitrogen and oxygen atoms in total. The zero-order valence-electron chi connectivity index (χ0n) is 15.0. The Morgan fingerprint density at radius 3 is 2.75 bits per heavy atom. The second-order valence-electron chi connectivity index (χ2n) is 6.72. The third kappa shape index (κ3) is 2.48. The monoisotopic (exact) mass is 329 g/mol. The lowest BCUT2D eigenvalue weighted by atomic mass is 10.0. The van der Waals surface area contributed by atoms with E-state index in [0.29, 0.717) is 5.92 Å². The molecule has 6 heteroatoms. The first-order chi connectivity index (χ1) is 11.7. The van der Waals surface area contributed by atoms with Crippen molar-refractivity contribution in [1.29, 1.82) is 0 Å². The van der Waals surface area contributed by atoms with Gasteiger partial charge < -0.3 is 14.2 Å². The first kappa shape index (κ1) is 15.5. The fourth-order valence-corrected chi connectivity index (χ4v) is 3.92. The molecule has 4 heterocycles. The lowest BCUT2D eigenvalue weighted by Gasteiger charge is -2.15. The lowest BCUT2D eigenvalue weighted by Crippen LogP contribution is -2.21. The minimum absolute atomic E-state index is 0.461. The molecule has 24 heavy (non-hydrogen) atoms. The number of nitrogens with zero attached hydrogens (tertiary/aromatic N) is 5. The molecule has 0 N–H and O–H groups in total. The van der Waals surface area contributed by atoms with Crippen molar-refractivity contribution < 1.29 is 4.42 Å². The third-order valence-electron chi connectivity index (χ3n) is 5.32. The molecular weight excluding hydrogens is 302 g/mol. The van der Waals surface area contributed by atoms with E-state index in [1.54, 1.807) is 0 Å². The average molecular weight is 329 g/mol. The maximum atomic E-state index is 5.93. The van der Waals surface area contributed by atoms with Crippen LogP contribution in [0.4, 0.5) is 11.7 Å². The first-order valence-corrected chi connectivity index (χ1v) is 9.29. The van der Waals surface area contributed by atoms with Crippen molar-refractivity contribution in [3.8, 4) is 0 Å². The SMILES string of the molecule is CCc1nc2c(o1)N(CC)CC2CCc1cc2n(n1)CCN2CC. The van der Waals surface area contributed by atoms with E-state index in [9.17, 15) is 0 Å². The molecule has 2 aliphatic heterocycles. The van der Waals surface area contributed by atoms with Crippen LogP contribution in [-0.4, -0.2) is 40.9 Å². The fourth-order valence-electron chi connectivity index (χ4n) is 3.92. The molecule has 0 saturated carbocycles. The Labute approximate surface area is 143 Å². The summed E-state index contributed by atoms with van der Waals surface area (Å²) in [6, 6.07) is 2.27. The van der Waals surface area contributed by atoms with E-state index in [1.165, 1.54) is 11.5 Å². The van der Waals surface area contributed by atoms with Crippen LogP contribution in [-0.2, 0) is 19.4 Å². The molecule has 0 spiro atoms. The van der Waals surface area contributed by atoms with Crippen molar-refractivity contribution in [1.82, 2.24) is 14.8 Å². The maximum absolute atomic E-state index is 5.93. The van der Waals surface area contributed by atoms with Crippen LogP contribution < -0.4 is 9.80 Å². The number of fused-ring (bicyclic) bond motifs is 2. The van der Waals surface area contributed by atoms with Gasteiger partial charge in [-0.3, -0.25) is 0 Å². The highest BCUT2D eigenvalue weighted by Gasteiger charge is 2.33. The molecule has 0 radical (unpaired) electrons. The van der Waals surface area contributed by atoms with Crippen LogP contribution in [0.15, 0.2) is 10.5 Å². The standard InChI is InChI=1S/C18H27N5O/c1-4-15-19-17-13(12-22(6-3)18(17)24-15)7-8-14-11-16-21(5-2)9-10-23(16)20-14/h11,13H,4-10,12H2,1-3H3. The first-order valence-electron chi connectivity index (χ1n) is 9.29. The van der Waals surface area contributed by atoms with Crippen LogP contribution >= 0.6 is 0 Å². The molecule has 0 aromatic carbocycles. The molecule has 1 unspecified atom stereocenters. The van der Waals surface area contributed by atoms with Crippen molar-refractivity contribution in [2.45, 2.75) is 52.5 Å². The van der Waals surface area contributed by atoms with Gasteiger partial charge in [-0.2, -0.15) is 5.10 Å². The van der Waals surface area contributed by atoms with Gasteiger partial charge in [0.25, 0.3) is 0 Å². The van der Waals surface area contributed by atoms with Gasteiger partial charge in [0, 0.05) is 44.6 Å². The minimum Gasteiger partial charge on any atom is -0.425 e. The van der Waals surface area contributed by atoms with Crippen LogP contribution in [0.1, 0.15) is 50.4 Å². The molecule has 0 saturated heterocycles. The highest BCUT2D eigenvalue weighted by Crippen LogP contribution is 2.39. The molecule has 0 fully saturated rings. The van der Waals surface area contributed by atoms with E-state index in [4.69, 9.17) is 14.5 Å². The molecule has 130 valence electrons. The topological polar surface area (TPSA) is 50.3 Å². The van der Waals surface area contributed by atoms with Gasteiger partial charge in [-0.05, 0) is 26.7 Å². The lowest BCUT2D eigenvalue weighted by molar-refractivity contribution is 0.490. The second kappa shape index (κ2) is 6.15. The molecule has 0 amide bonds. The summed E-state index contributed by atoms with van der Waals surface area (Å²) in [6.45, 7) is 11.7. The largest absolute Gasteiger partial charge is 0.425 e. The number of aromatic nitrogens is 3. The number of hydrogen-bond donors (Lipinski definition) is 0. The minimum atomic E-state index is 0.461. The average Bonchev–Trinajstić information content (AvgIpc) is 3.32. The summed E-state index contributed by atoms with van der Waals surface area (Å²) in [5, 5.41) is 4.78. The summed E-state index contributed by atoms with van der Waals surface area (Å²) < 4.78 is 8.08. The second-order valence-corrected chi connectivity index (χ2v) is 6.72. The molecule has 2 aliphatic rings. The van der Waals surface area contributed by atoms with Gasteiger partial charge in [0.2, 0.25) is 5.88 Å². The predicted octanol–water partition coefficient (Wildman–Crippen LogP) is 2.83. The summed E-state index contributed by atoms with van der Waals surface area (Å²) in [5.41, 5.74) is 2.37. The number of rotatable bonds is 6. The predicted molar refractivity (Wildman–Crippen MR) is 94.9 cm³/mol. The van der Waals surface area contributed by atoms with Crippen LogP contribution in [0.2, 0.25) is 0 Å². The summed E-state index contributed by atoms with van der Waals surface area (Å²) in [4.78, 5) is 9.45. The molecular formula is C18H27N5O. The maximum Gasteiger partial charge on any atom is 0.219 e. The van der Waals surface area contributed by atoms with Crippen molar-refractivity contribution >= 4 is 11.7 Å². The molecule has 1 atom stereocenters. The zero-order chi connectivity index (χ0) is 16.7. The molecule has 2 aromatic heterocycles. The Hall–Kier alpha value is -1.98. The van der Waals surface area contributed by atoms with Crippen LogP contribution in [0.3, 0.4) is 0 Å². The van der Waals surface area contributed by atoms with Gasteiger partial charge in [0.15, 0.2) is 5.89 Å². The van der Waals surface area contributed by atoms with E-state index in [1.807, 2.05) is 0 Å². The van der Waals surface area contributed by atoms with E-state index in [2.05, 4.69) is 41.3 Å². The quantitative estimate of drug-likeness (QED) is 0.816. The number of aryl methyl sites for hydroxylation is 2. The third-order valence-corrected chi connectivity index (χ3v) is 5.32. The van der Waals surface area contributed by atoms with E-state index < -0.39 is 0 Å². The van der Waals surface area contributed by atoms with Gasteiger partial charge in [-0.25, -0.2) is 9.67 Å². The highest BCUT2D eigenvalue weighted by molar-refractivity contribution is 5.49. The Morgan fingerprint density at radius 1 is 1.17 bits per heavy atom. The van der Waals surface area contributed by atoms with Crippen LogP contribution in [0.5, 0.6) is 0 Å². The number of hydrogen-bond acceptors (Lipinski definition) is 5. The van der Waals surface area contributed by atoms with Crippen molar-refractivity contribution in [2.75, 3.05) is 36.0 Å². The van der Waals surface area contributed by atoms with E-state index >= 15 is 0 Å². The number of anilines is 2. The van der Waals surface area contributed by atoms with Gasteiger partial charge in [-0.1, -0.05) is 6.92 Å². The molecule has 2 aromatic rings. The molecule has 4 rings (SSSR count). The van der Waals surface area contributed by atoms with Crippen LogP contribution in [0, 0.1) is 0 Å².